The Bertz CT molecular complexity index is 1060. The molecule has 0 aromatic carbocycles. The molecule has 216 valence electrons. The molecule has 5 N–H and O–H groups in total. The number of nitrogens with zero attached hydrogens (tertiary/aromatic N) is 3. The zero-order valence-corrected chi connectivity index (χ0v) is 22.6. The fourth-order valence-corrected chi connectivity index (χ4v) is 6.42. The van der Waals surface area contributed by atoms with Gasteiger partial charge in [0, 0.05) is 24.8 Å². The van der Waals surface area contributed by atoms with Crippen LogP contribution in [0, 0.1) is 23.7 Å². The summed E-state index contributed by atoms with van der Waals surface area (Å²) in [5, 5.41) is 2.92. The summed E-state index contributed by atoms with van der Waals surface area (Å²) >= 11 is 0. The number of ether oxygens (including phenoxy) is 4. The molecular weight excluding hydrogens is 512 g/mol. The number of nitrogen functional groups attached to an aromatic ring is 2. The molecule has 5 heterocycles. The molecule has 1 aromatic rings. The molecule has 1 aromatic heterocycles. The van der Waals surface area contributed by atoms with E-state index in [0.717, 1.165) is 19.3 Å². The predicted molar refractivity (Wildman–Crippen MR) is 135 cm³/mol. The van der Waals surface area contributed by atoms with E-state index >= 15 is 0 Å². The van der Waals surface area contributed by atoms with Gasteiger partial charge in [0.15, 0.2) is 11.9 Å². The van der Waals surface area contributed by atoms with Crippen molar-refractivity contribution in [1.82, 2.24) is 15.0 Å². The van der Waals surface area contributed by atoms with Gasteiger partial charge in [0.05, 0.1) is 19.4 Å². The monoisotopic (exact) mass is 550 g/mol. The van der Waals surface area contributed by atoms with Crippen molar-refractivity contribution in [2.75, 3.05) is 29.9 Å². The Labute approximate surface area is 226 Å². The van der Waals surface area contributed by atoms with Gasteiger partial charge in [-0.3, -0.25) is 9.59 Å². The molecule has 5 fully saturated rings. The van der Waals surface area contributed by atoms with Gasteiger partial charge in [0.25, 0.3) is 0 Å². The van der Waals surface area contributed by atoms with E-state index in [9.17, 15) is 9.59 Å². The van der Waals surface area contributed by atoms with Crippen molar-refractivity contribution < 1.29 is 38.3 Å². The molecule has 8 atom stereocenters. The number of nitrogens with one attached hydrogen (secondary N) is 1. The molecular formula is C25H38N6O8. The number of rotatable bonds is 9. The molecule has 6 rings (SSSR count). The van der Waals surface area contributed by atoms with Crippen LogP contribution >= 0.6 is 0 Å². The topological polar surface area (TPSA) is 192 Å². The fraction of sp³-hybridized carbons (Fsp3) is 0.800. The predicted octanol–water partition coefficient (Wildman–Crippen LogP) is 1.91. The fourth-order valence-electron chi connectivity index (χ4n) is 6.42. The van der Waals surface area contributed by atoms with Crippen LogP contribution in [0.1, 0.15) is 65.7 Å². The summed E-state index contributed by atoms with van der Waals surface area (Å²) in [5.74, 6) is -1.09. The van der Waals surface area contributed by atoms with E-state index < -0.39 is 35.9 Å². The first kappa shape index (κ1) is 27.7. The first-order valence-corrected chi connectivity index (χ1v) is 13.7. The van der Waals surface area contributed by atoms with Crippen LogP contribution in [0.5, 0.6) is 0 Å². The molecule has 1 saturated carbocycles. The Kier molecular flexibility index (Phi) is 7.82. The van der Waals surface area contributed by atoms with E-state index in [1.165, 1.54) is 0 Å². The Morgan fingerprint density at radius 3 is 2.54 bits per heavy atom. The smallest absolute Gasteiger partial charge is 0.308 e. The number of carbonyl (C=O) groups excluding carboxylic acids is 2. The minimum absolute atomic E-state index is 0.0130. The maximum atomic E-state index is 12.7. The Morgan fingerprint density at radius 2 is 1.77 bits per heavy atom. The van der Waals surface area contributed by atoms with Gasteiger partial charge >= 0.3 is 11.9 Å². The number of carbonyl (C=O) groups is 2. The molecule has 1 aliphatic carbocycles. The van der Waals surface area contributed by atoms with Crippen LogP contribution in [0.15, 0.2) is 0 Å². The minimum atomic E-state index is -0.905. The zero-order valence-electron chi connectivity index (χ0n) is 22.6. The van der Waals surface area contributed by atoms with Crippen molar-refractivity contribution in [2.24, 2.45) is 23.7 Å². The normalized spacial score (nSPS) is 36.9. The lowest BCUT2D eigenvalue weighted by atomic mass is 9.58. The standard InChI is InChI=1S/C25H38N6O8/c1-13-5-6-16-14(2)19(36-20-25(16)15(13)9-10-24(3,37-20)38-39-25)35-18(33)8-7-17(32)34-12-4-11-28-23-30-21(26)29-22(27)31-23/h13-16,19-20H,4-12H2,1-3H3,(H5,26,27,28,29,30,31)/t13-,14-,15+,16+,19-,20-,24-,25-/m1/s1. The summed E-state index contributed by atoms with van der Waals surface area (Å²) in [6, 6.07) is 0. The van der Waals surface area contributed by atoms with E-state index in [1.807, 2.05) is 13.8 Å². The molecule has 1 spiro atoms. The van der Waals surface area contributed by atoms with Crippen LogP contribution in [-0.4, -0.2) is 64.0 Å². The summed E-state index contributed by atoms with van der Waals surface area (Å²) in [4.78, 5) is 48.2. The second kappa shape index (κ2) is 11.0. The Hall–Kier alpha value is -2.81. The molecule has 14 heteroatoms. The average molecular weight is 551 g/mol. The molecule has 0 unspecified atom stereocenters. The molecule has 4 aliphatic heterocycles. The van der Waals surface area contributed by atoms with E-state index in [0.29, 0.717) is 25.3 Å². The largest absolute Gasteiger partial charge is 0.466 e. The van der Waals surface area contributed by atoms with Gasteiger partial charge in [0.1, 0.15) is 0 Å². The summed E-state index contributed by atoms with van der Waals surface area (Å²) < 4.78 is 23.5. The molecule has 14 nitrogen and oxygen atoms in total. The third-order valence-corrected chi connectivity index (χ3v) is 8.42. The third kappa shape index (κ3) is 5.60. The lowest BCUT2D eigenvalue weighted by molar-refractivity contribution is -0.576. The van der Waals surface area contributed by atoms with Crippen molar-refractivity contribution in [1.29, 1.82) is 0 Å². The third-order valence-electron chi connectivity index (χ3n) is 8.42. The van der Waals surface area contributed by atoms with Gasteiger partial charge in [0.2, 0.25) is 29.9 Å². The van der Waals surface area contributed by atoms with Gasteiger partial charge < -0.3 is 35.7 Å². The van der Waals surface area contributed by atoms with E-state index in [1.54, 1.807) is 0 Å². The first-order chi connectivity index (χ1) is 18.6. The first-order valence-electron chi connectivity index (χ1n) is 13.7. The molecule has 39 heavy (non-hydrogen) atoms. The average Bonchev–Trinajstić information content (AvgIpc) is 3.11. The highest BCUT2D eigenvalue weighted by Crippen LogP contribution is 2.60. The zero-order chi connectivity index (χ0) is 27.8. The van der Waals surface area contributed by atoms with Crippen LogP contribution in [0.25, 0.3) is 0 Å². The van der Waals surface area contributed by atoms with Gasteiger partial charge in [-0.1, -0.05) is 13.8 Å². The highest BCUT2D eigenvalue weighted by atomic mass is 17.3. The second-order valence-electron chi connectivity index (χ2n) is 11.1. The van der Waals surface area contributed by atoms with Crippen LogP contribution < -0.4 is 16.8 Å². The van der Waals surface area contributed by atoms with Gasteiger partial charge in [-0.25, -0.2) is 9.78 Å². The second-order valence-corrected chi connectivity index (χ2v) is 11.1. The molecule has 5 aliphatic rings. The highest BCUT2D eigenvalue weighted by molar-refractivity contribution is 5.77. The van der Waals surface area contributed by atoms with Crippen molar-refractivity contribution in [3.63, 3.8) is 0 Å². The van der Waals surface area contributed by atoms with Gasteiger partial charge in [-0.05, 0) is 44.4 Å². The highest BCUT2D eigenvalue weighted by Gasteiger charge is 2.69. The molecule has 2 bridgehead atoms. The van der Waals surface area contributed by atoms with E-state index in [-0.39, 0.29) is 55.0 Å². The lowest BCUT2D eigenvalue weighted by Crippen LogP contribution is -2.70. The van der Waals surface area contributed by atoms with Gasteiger partial charge in [-0.2, -0.15) is 15.0 Å². The van der Waals surface area contributed by atoms with E-state index in [4.69, 9.17) is 40.2 Å². The van der Waals surface area contributed by atoms with Crippen molar-refractivity contribution in [3.8, 4) is 0 Å². The van der Waals surface area contributed by atoms with Crippen LogP contribution in [0.2, 0.25) is 0 Å². The lowest BCUT2D eigenvalue weighted by Gasteiger charge is -2.59. The van der Waals surface area contributed by atoms with Gasteiger partial charge in [-0.15, -0.1) is 0 Å². The Morgan fingerprint density at radius 1 is 1.03 bits per heavy atom. The quantitative estimate of drug-likeness (QED) is 0.229. The van der Waals surface area contributed by atoms with Crippen molar-refractivity contribution >= 4 is 29.8 Å². The minimum Gasteiger partial charge on any atom is -0.466 e. The Balaban J connectivity index is 1.08. The maximum absolute atomic E-state index is 12.7. The molecule has 0 amide bonds. The number of nitrogens with two attached hydrogens (primary N) is 2. The molecule has 4 saturated heterocycles. The number of hydrogen-bond donors (Lipinski definition) is 3. The van der Waals surface area contributed by atoms with E-state index in [2.05, 4.69) is 27.2 Å². The maximum Gasteiger partial charge on any atom is 0.308 e. The van der Waals surface area contributed by atoms with Crippen LogP contribution in [0.3, 0.4) is 0 Å². The number of fused-ring (bicyclic) bond motifs is 2. The number of esters is 2. The SMILES string of the molecule is C[C@H]1[C@H](OC(=O)CCC(=O)OCCCNc2nc(N)nc(N)n2)O[C@@H]2O[C@@]3(C)CC[C@H]4[C@H](C)CC[C@@H]1[C@@]24OO3. The van der Waals surface area contributed by atoms with Crippen molar-refractivity contribution in [3.05, 3.63) is 0 Å². The number of aromatic nitrogens is 3. The number of hydrogen-bond acceptors (Lipinski definition) is 14. The summed E-state index contributed by atoms with van der Waals surface area (Å²) in [6.07, 6.45) is 2.33. The summed E-state index contributed by atoms with van der Waals surface area (Å²) in [6.45, 7) is 6.67. The van der Waals surface area contributed by atoms with Crippen molar-refractivity contribution in [2.45, 2.75) is 89.7 Å². The summed E-state index contributed by atoms with van der Waals surface area (Å²) in [5.41, 5.74) is 10.3. The summed E-state index contributed by atoms with van der Waals surface area (Å²) in [7, 11) is 0. The molecule has 0 radical (unpaired) electrons. The van der Waals surface area contributed by atoms with Crippen LogP contribution in [-0.2, 0) is 38.3 Å². The number of anilines is 3. The van der Waals surface area contributed by atoms with Crippen LogP contribution in [0.4, 0.5) is 17.8 Å².